The standard InChI is InChI=1S/C19H32N4O4S/c1-20-19(21-13-15-8-10-23(11-9-15)28(5,24)25)22(2)14-16-6-7-17(26-3)12-18(16)27-4/h6-7,12,15H,8-11,13-14H2,1-5H3,(H,20,21). The molecule has 158 valence electrons. The third-order valence-corrected chi connectivity index (χ3v) is 6.37. The van der Waals surface area contributed by atoms with Crippen LogP contribution in [0, 0.1) is 5.92 Å². The van der Waals surface area contributed by atoms with Gasteiger partial charge in [-0.25, -0.2) is 12.7 Å². The Balaban J connectivity index is 1.90. The summed E-state index contributed by atoms with van der Waals surface area (Å²) in [7, 11) is 3.93. The van der Waals surface area contributed by atoms with Crippen molar-refractivity contribution in [2.45, 2.75) is 19.4 Å². The molecule has 1 N–H and O–H groups in total. The molecular formula is C19H32N4O4S. The first kappa shape index (κ1) is 22.3. The number of nitrogens with one attached hydrogen (secondary N) is 1. The number of hydrogen-bond donors (Lipinski definition) is 1. The molecule has 1 heterocycles. The number of rotatable bonds is 7. The van der Waals surface area contributed by atoms with Crippen molar-refractivity contribution in [1.29, 1.82) is 0 Å². The van der Waals surface area contributed by atoms with Gasteiger partial charge in [0.15, 0.2) is 5.96 Å². The molecule has 9 heteroatoms. The molecule has 1 saturated heterocycles. The van der Waals surface area contributed by atoms with Gasteiger partial charge in [-0.3, -0.25) is 4.99 Å². The molecule has 1 aliphatic rings. The molecule has 0 saturated carbocycles. The summed E-state index contributed by atoms with van der Waals surface area (Å²) in [5, 5.41) is 3.42. The number of aliphatic imine (C=N–C) groups is 1. The van der Waals surface area contributed by atoms with E-state index in [9.17, 15) is 8.42 Å². The van der Waals surface area contributed by atoms with E-state index in [0.717, 1.165) is 42.4 Å². The molecule has 1 fully saturated rings. The smallest absolute Gasteiger partial charge is 0.211 e. The van der Waals surface area contributed by atoms with E-state index in [-0.39, 0.29) is 0 Å². The Labute approximate surface area is 168 Å². The number of ether oxygens (including phenoxy) is 2. The maximum absolute atomic E-state index is 11.6. The molecule has 0 atom stereocenters. The van der Waals surface area contributed by atoms with E-state index in [2.05, 4.69) is 10.3 Å². The van der Waals surface area contributed by atoms with Gasteiger partial charge in [0, 0.05) is 51.9 Å². The fourth-order valence-corrected chi connectivity index (χ4v) is 4.25. The lowest BCUT2D eigenvalue weighted by Crippen LogP contribution is -2.44. The predicted octanol–water partition coefficient (Wildman–Crippen LogP) is 1.38. The molecule has 0 bridgehead atoms. The Bertz CT molecular complexity index is 774. The molecule has 1 aromatic carbocycles. The molecule has 0 unspecified atom stereocenters. The average molecular weight is 413 g/mol. The zero-order valence-corrected chi connectivity index (χ0v) is 18.3. The Kier molecular flexibility index (Phi) is 7.94. The van der Waals surface area contributed by atoms with Crippen LogP contribution in [0.4, 0.5) is 0 Å². The van der Waals surface area contributed by atoms with Gasteiger partial charge in [0.05, 0.1) is 20.5 Å². The van der Waals surface area contributed by atoms with Crippen molar-refractivity contribution in [1.82, 2.24) is 14.5 Å². The van der Waals surface area contributed by atoms with Crippen molar-refractivity contribution in [2.75, 3.05) is 54.2 Å². The molecule has 8 nitrogen and oxygen atoms in total. The van der Waals surface area contributed by atoms with E-state index < -0.39 is 10.0 Å². The lowest BCUT2D eigenvalue weighted by atomic mass is 9.98. The van der Waals surface area contributed by atoms with E-state index >= 15 is 0 Å². The highest BCUT2D eigenvalue weighted by molar-refractivity contribution is 7.88. The van der Waals surface area contributed by atoms with E-state index in [1.54, 1.807) is 25.6 Å². The van der Waals surface area contributed by atoms with Crippen LogP contribution < -0.4 is 14.8 Å². The highest BCUT2D eigenvalue weighted by atomic mass is 32.2. The first-order valence-electron chi connectivity index (χ1n) is 9.36. The van der Waals surface area contributed by atoms with Crippen LogP contribution in [0.15, 0.2) is 23.2 Å². The molecule has 0 amide bonds. The van der Waals surface area contributed by atoms with E-state index in [1.807, 2.05) is 30.1 Å². The Morgan fingerprint density at radius 3 is 2.50 bits per heavy atom. The molecule has 0 aromatic heterocycles. The third kappa shape index (κ3) is 6.00. The zero-order chi connectivity index (χ0) is 20.7. The van der Waals surface area contributed by atoms with Crippen molar-refractivity contribution in [2.24, 2.45) is 10.9 Å². The highest BCUT2D eigenvalue weighted by Crippen LogP contribution is 2.25. The lowest BCUT2D eigenvalue weighted by Gasteiger charge is -2.31. The minimum Gasteiger partial charge on any atom is -0.497 e. The fraction of sp³-hybridized carbons (Fsp3) is 0.632. The molecule has 0 spiro atoms. The Hall–Kier alpha value is -2.00. The first-order chi connectivity index (χ1) is 13.3. The Morgan fingerprint density at radius 1 is 1.29 bits per heavy atom. The summed E-state index contributed by atoms with van der Waals surface area (Å²) in [6, 6.07) is 5.77. The van der Waals surface area contributed by atoms with Gasteiger partial charge in [-0.05, 0) is 30.9 Å². The molecule has 0 radical (unpaired) electrons. The molecule has 2 rings (SSSR count). The summed E-state index contributed by atoms with van der Waals surface area (Å²) in [6.45, 7) is 2.58. The zero-order valence-electron chi connectivity index (χ0n) is 17.4. The van der Waals surface area contributed by atoms with Crippen molar-refractivity contribution >= 4 is 16.0 Å². The van der Waals surface area contributed by atoms with Gasteiger partial charge in [0.25, 0.3) is 0 Å². The van der Waals surface area contributed by atoms with E-state index in [4.69, 9.17) is 9.47 Å². The van der Waals surface area contributed by atoms with Gasteiger partial charge in [-0.15, -0.1) is 0 Å². The van der Waals surface area contributed by atoms with Gasteiger partial charge in [0.2, 0.25) is 10.0 Å². The van der Waals surface area contributed by atoms with Crippen LogP contribution in [0.2, 0.25) is 0 Å². The van der Waals surface area contributed by atoms with Gasteiger partial charge in [0.1, 0.15) is 11.5 Å². The normalized spacial score (nSPS) is 16.7. The number of methoxy groups -OCH3 is 2. The molecule has 1 aliphatic heterocycles. The van der Waals surface area contributed by atoms with Crippen molar-refractivity contribution < 1.29 is 17.9 Å². The van der Waals surface area contributed by atoms with E-state index in [1.165, 1.54) is 6.26 Å². The van der Waals surface area contributed by atoms with E-state index in [0.29, 0.717) is 25.6 Å². The van der Waals surface area contributed by atoms with Crippen LogP contribution in [-0.4, -0.2) is 77.8 Å². The summed E-state index contributed by atoms with van der Waals surface area (Å²) in [4.78, 5) is 6.41. The number of nitrogens with zero attached hydrogens (tertiary/aromatic N) is 3. The minimum absolute atomic E-state index is 0.429. The average Bonchev–Trinajstić information content (AvgIpc) is 2.68. The number of sulfonamides is 1. The monoisotopic (exact) mass is 412 g/mol. The summed E-state index contributed by atoms with van der Waals surface area (Å²) in [6.07, 6.45) is 2.98. The second kappa shape index (κ2) is 9.97. The van der Waals surface area contributed by atoms with Gasteiger partial charge in [-0.1, -0.05) is 0 Å². The molecule has 0 aliphatic carbocycles. The minimum atomic E-state index is -3.08. The van der Waals surface area contributed by atoms with Gasteiger partial charge < -0.3 is 19.7 Å². The first-order valence-corrected chi connectivity index (χ1v) is 11.2. The third-order valence-electron chi connectivity index (χ3n) is 5.07. The van der Waals surface area contributed by atoms with Crippen LogP contribution in [0.1, 0.15) is 18.4 Å². The Morgan fingerprint density at radius 2 is 1.96 bits per heavy atom. The maximum atomic E-state index is 11.6. The second-order valence-corrected chi connectivity index (χ2v) is 9.05. The highest BCUT2D eigenvalue weighted by Gasteiger charge is 2.25. The van der Waals surface area contributed by atoms with Crippen LogP contribution in [0.3, 0.4) is 0 Å². The lowest BCUT2D eigenvalue weighted by molar-refractivity contribution is 0.273. The SMILES string of the molecule is CN=C(NCC1CCN(S(C)(=O)=O)CC1)N(C)Cc1ccc(OC)cc1OC. The van der Waals surface area contributed by atoms with Crippen LogP contribution in [0.25, 0.3) is 0 Å². The molecule has 28 heavy (non-hydrogen) atoms. The van der Waals surface area contributed by atoms with Crippen molar-refractivity contribution in [3.05, 3.63) is 23.8 Å². The van der Waals surface area contributed by atoms with Crippen LogP contribution in [-0.2, 0) is 16.6 Å². The molecule has 1 aromatic rings. The number of benzene rings is 1. The maximum Gasteiger partial charge on any atom is 0.211 e. The number of piperidine rings is 1. The number of hydrogen-bond acceptors (Lipinski definition) is 5. The molecular weight excluding hydrogens is 380 g/mol. The quantitative estimate of drug-likeness (QED) is 0.538. The second-order valence-electron chi connectivity index (χ2n) is 7.07. The topological polar surface area (TPSA) is 83.5 Å². The van der Waals surface area contributed by atoms with Crippen molar-refractivity contribution in [3.8, 4) is 11.5 Å². The van der Waals surface area contributed by atoms with Crippen LogP contribution in [0.5, 0.6) is 11.5 Å². The van der Waals surface area contributed by atoms with Crippen molar-refractivity contribution in [3.63, 3.8) is 0 Å². The summed E-state index contributed by atoms with van der Waals surface area (Å²) in [5.74, 6) is 2.75. The van der Waals surface area contributed by atoms with Gasteiger partial charge >= 0.3 is 0 Å². The van der Waals surface area contributed by atoms with Crippen LogP contribution >= 0.6 is 0 Å². The predicted molar refractivity (Wildman–Crippen MR) is 112 cm³/mol. The van der Waals surface area contributed by atoms with Gasteiger partial charge in [-0.2, -0.15) is 0 Å². The number of guanidine groups is 1. The largest absolute Gasteiger partial charge is 0.497 e. The summed E-state index contributed by atoms with van der Waals surface area (Å²) in [5.41, 5.74) is 1.04. The fourth-order valence-electron chi connectivity index (χ4n) is 3.38. The summed E-state index contributed by atoms with van der Waals surface area (Å²) >= 11 is 0. The summed E-state index contributed by atoms with van der Waals surface area (Å²) < 4.78 is 35.5.